The molecule has 96 valence electrons. The van der Waals surface area contributed by atoms with Gasteiger partial charge in [-0.1, -0.05) is 43.3 Å². The van der Waals surface area contributed by atoms with Gasteiger partial charge in [0.1, 0.15) is 0 Å². The first-order chi connectivity index (χ1) is 8.88. The van der Waals surface area contributed by atoms with Gasteiger partial charge in [-0.3, -0.25) is 0 Å². The summed E-state index contributed by atoms with van der Waals surface area (Å²) < 4.78 is 0. The average molecular weight is 259 g/mol. The van der Waals surface area contributed by atoms with Gasteiger partial charge in [-0.25, -0.2) is 0 Å². The van der Waals surface area contributed by atoms with E-state index in [2.05, 4.69) is 60.1 Å². The van der Waals surface area contributed by atoms with Gasteiger partial charge in [-0.05, 0) is 36.3 Å². The van der Waals surface area contributed by atoms with Crippen molar-refractivity contribution in [2.45, 2.75) is 32.2 Å². The summed E-state index contributed by atoms with van der Waals surface area (Å²) in [6.45, 7) is 3.33. The van der Waals surface area contributed by atoms with Gasteiger partial charge in [-0.2, -0.15) is 0 Å². The molecule has 2 heteroatoms. The number of rotatable bonds is 7. The molecule has 0 fully saturated rings. The van der Waals surface area contributed by atoms with Crippen LogP contribution in [0.5, 0.6) is 0 Å². The van der Waals surface area contributed by atoms with Crippen LogP contribution in [0, 0.1) is 0 Å². The van der Waals surface area contributed by atoms with Crippen LogP contribution in [-0.4, -0.2) is 12.6 Å². The van der Waals surface area contributed by atoms with Crippen LogP contribution in [0.25, 0.3) is 0 Å². The minimum atomic E-state index is 0.590. The maximum absolute atomic E-state index is 3.66. The molecule has 18 heavy (non-hydrogen) atoms. The smallest absolute Gasteiger partial charge is 0.0105 e. The predicted molar refractivity (Wildman–Crippen MR) is 80.3 cm³/mol. The van der Waals surface area contributed by atoms with Crippen LogP contribution in [0.3, 0.4) is 0 Å². The Morgan fingerprint density at radius 3 is 2.61 bits per heavy atom. The number of hydrogen-bond acceptors (Lipinski definition) is 2. The molecule has 0 aliphatic rings. The monoisotopic (exact) mass is 259 g/mol. The van der Waals surface area contributed by atoms with Gasteiger partial charge in [0.2, 0.25) is 0 Å². The Bertz CT molecular complexity index is 422. The standard InChI is InChI=1S/C16H21NS/c1-2-15(13-14-7-4-3-5-8-14)17-11-10-16-9-6-12-18-16/h3-9,12,15,17H,2,10-11,13H2,1H3. The first-order valence-electron chi connectivity index (χ1n) is 6.68. The Kier molecular flexibility index (Phi) is 5.43. The SMILES string of the molecule is CCC(Cc1ccccc1)NCCc1cccs1. The van der Waals surface area contributed by atoms with Crippen molar-refractivity contribution in [3.8, 4) is 0 Å². The van der Waals surface area contributed by atoms with Crippen molar-refractivity contribution < 1.29 is 0 Å². The van der Waals surface area contributed by atoms with Gasteiger partial charge in [0, 0.05) is 17.5 Å². The summed E-state index contributed by atoms with van der Waals surface area (Å²) in [7, 11) is 0. The maximum atomic E-state index is 3.66. The molecular weight excluding hydrogens is 238 g/mol. The molecule has 1 aromatic heterocycles. The van der Waals surface area contributed by atoms with E-state index in [4.69, 9.17) is 0 Å². The zero-order chi connectivity index (χ0) is 12.6. The molecule has 2 rings (SSSR count). The summed E-state index contributed by atoms with van der Waals surface area (Å²) in [6.07, 6.45) is 3.45. The second-order valence-corrected chi connectivity index (χ2v) is 5.61. The molecule has 0 aliphatic carbocycles. The third-order valence-electron chi connectivity index (χ3n) is 3.20. The van der Waals surface area contributed by atoms with Crippen LogP contribution in [-0.2, 0) is 12.8 Å². The normalized spacial score (nSPS) is 12.5. The second kappa shape index (κ2) is 7.34. The third kappa shape index (κ3) is 4.28. The van der Waals surface area contributed by atoms with Gasteiger partial charge in [0.25, 0.3) is 0 Å². The summed E-state index contributed by atoms with van der Waals surface area (Å²) in [5.41, 5.74) is 1.42. The van der Waals surface area contributed by atoms with Crippen molar-refractivity contribution in [3.63, 3.8) is 0 Å². The maximum Gasteiger partial charge on any atom is 0.0105 e. The molecule has 0 saturated carbocycles. The molecule has 0 aliphatic heterocycles. The Labute approximate surface area is 114 Å². The minimum Gasteiger partial charge on any atom is -0.313 e. The lowest BCUT2D eigenvalue weighted by Gasteiger charge is -2.16. The second-order valence-electron chi connectivity index (χ2n) is 4.58. The van der Waals surface area contributed by atoms with Crippen LogP contribution >= 0.6 is 11.3 Å². The lowest BCUT2D eigenvalue weighted by atomic mass is 10.0. The molecular formula is C16H21NS. The van der Waals surface area contributed by atoms with E-state index < -0.39 is 0 Å². The van der Waals surface area contributed by atoms with Gasteiger partial charge < -0.3 is 5.32 Å². The third-order valence-corrected chi connectivity index (χ3v) is 4.14. The fourth-order valence-corrected chi connectivity index (χ4v) is 2.82. The summed E-state index contributed by atoms with van der Waals surface area (Å²) in [6, 6.07) is 15.7. The Hall–Kier alpha value is -1.12. The van der Waals surface area contributed by atoms with Crippen LogP contribution in [0.1, 0.15) is 23.8 Å². The van der Waals surface area contributed by atoms with Crippen molar-refractivity contribution in [2.24, 2.45) is 0 Å². The quantitative estimate of drug-likeness (QED) is 0.795. The lowest BCUT2D eigenvalue weighted by Crippen LogP contribution is -2.32. The van der Waals surface area contributed by atoms with Crippen LogP contribution in [0.4, 0.5) is 0 Å². The fraction of sp³-hybridized carbons (Fsp3) is 0.375. The van der Waals surface area contributed by atoms with E-state index in [1.165, 1.54) is 16.9 Å². The molecule has 2 aromatic rings. The average Bonchev–Trinajstić information content (AvgIpc) is 2.92. The molecule has 0 radical (unpaired) electrons. The van der Waals surface area contributed by atoms with Gasteiger partial charge in [0.15, 0.2) is 0 Å². The van der Waals surface area contributed by atoms with Crippen molar-refractivity contribution in [1.29, 1.82) is 0 Å². The summed E-state index contributed by atoms with van der Waals surface area (Å²) in [4.78, 5) is 1.47. The largest absolute Gasteiger partial charge is 0.313 e. The van der Waals surface area contributed by atoms with E-state index >= 15 is 0 Å². The van der Waals surface area contributed by atoms with Crippen LogP contribution < -0.4 is 5.32 Å². The number of hydrogen-bond donors (Lipinski definition) is 1. The first-order valence-corrected chi connectivity index (χ1v) is 7.56. The molecule has 0 amide bonds. The highest BCUT2D eigenvalue weighted by atomic mass is 32.1. The molecule has 1 nitrogen and oxygen atoms in total. The van der Waals surface area contributed by atoms with E-state index in [1.807, 2.05) is 11.3 Å². The molecule has 1 heterocycles. The topological polar surface area (TPSA) is 12.0 Å². The van der Waals surface area contributed by atoms with Gasteiger partial charge in [0.05, 0.1) is 0 Å². The highest BCUT2D eigenvalue weighted by Crippen LogP contribution is 2.09. The first kappa shape index (κ1) is 13.3. The van der Waals surface area contributed by atoms with E-state index in [9.17, 15) is 0 Å². The zero-order valence-electron chi connectivity index (χ0n) is 10.9. The van der Waals surface area contributed by atoms with Crippen molar-refractivity contribution >= 4 is 11.3 Å². The molecule has 0 spiro atoms. The number of thiophene rings is 1. The number of benzene rings is 1. The van der Waals surface area contributed by atoms with Gasteiger partial charge >= 0.3 is 0 Å². The molecule has 0 bridgehead atoms. The van der Waals surface area contributed by atoms with E-state index in [0.717, 1.165) is 19.4 Å². The fourth-order valence-electron chi connectivity index (χ4n) is 2.11. The van der Waals surface area contributed by atoms with Crippen molar-refractivity contribution in [2.75, 3.05) is 6.54 Å². The lowest BCUT2D eigenvalue weighted by molar-refractivity contribution is 0.499. The Morgan fingerprint density at radius 1 is 1.11 bits per heavy atom. The van der Waals surface area contributed by atoms with E-state index in [0.29, 0.717) is 6.04 Å². The van der Waals surface area contributed by atoms with Crippen LogP contribution in [0.15, 0.2) is 47.8 Å². The predicted octanol–water partition coefficient (Wildman–Crippen LogP) is 3.90. The number of nitrogens with one attached hydrogen (secondary N) is 1. The molecule has 1 N–H and O–H groups in total. The van der Waals surface area contributed by atoms with Gasteiger partial charge in [-0.15, -0.1) is 11.3 Å². The minimum absolute atomic E-state index is 0.590. The Morgan fingerprint density at radius 2 is 1.94 bits per heavy atom. The summed E-state index contributed by atoms with van der Waals surface area (Å²) in [5.74, 6) is 0. The van der Waals surface area contributed by atoms with E-state index in [1.54, 1.807) is 0 Å². The summed E-state index contributed by atoms with van der Waals surface area (Å²) >= 11 is 1.85. The highest BCUT2D eigenvalue weighted by molar-refractivity contribution is 7.09. The zero-order valence-corrected chi connectivity index (χ0v) is 11.7. The Balaban J connectivity index is 1.75. The molecule has 1 atom stereocenters. The van der Waals surface area contributed by atoms with Crippen molar-refractivity contribution in [1.82, 2.24) is 5.32 Å². The van der Waals surface area contributed by atoms with Crippen LogP contribution in [0.2, 0.25) is 0 Å². The van der Waals surface area contributed by atoms with E-state index in [-0.39, 0.29) is 0 Å². The highest BCUT2D eigenvalue weighted by Gasteiger charge is 2.06. The van der Waals surface area contributed by atoms with Crippen molar-refractivity contribution in [3.05, 3.63) is 58.3 Å². The summed E-state index contributed by atoms with van der Waals surface area (Å²) in [5, 5.41) is 5.81. The molecule has 0 saturated heterocycles. The molecule has 1 aromatic carbocycles. The molecule has 1 unspecified atom stereocenters.